The van der Waals surface area contributed by atoms with Crippen LogP contribution in [0.3, 0.4) is 0 Å². The Hall–Kier alpha value is -3.36. The first kappa shape index (κ1) is 18.0. The van der Waals surface area contributed by atoms with Crippen molar-refractivity contribution in [2.45, 2.75) is 12.5 Å². The predicted molar refractivity (Wildman–Crippen MR) is 83.6 cm³/mol. The number of nitrogens with two attached hydrogens (primary N) is 1. The van der Waals surface area contributed by atoms with Crippen LogP contribution in [0.1, 0.15) is 15.9 Å². The molecule has 7 nitrogen and oxygen atoms in total. The van der Waals surface area contributed by atoms with Gasteiger partial charge in [-0.25, -0.2) is 8.78 Å². The lowest BCUT2D eigenvalue weighted by atomic mass is 10.0. The van der Waals surface area contributed by atoms with Gasteiger partial charge in [0.15, 0.2) is 0 Å². The second-order valence-electron chi connectivity index (χ2n) is 5.14. The van der Waals surface area contributed by atoms with Gasteiger partial charge in [-0.3, -0.25) is 19.7 Å². The molecule has 25 heavy (non-hydrogen) atoms. The van der Waals surface area contributed by atoms with E-state index in [9.17, 15) is 28.5 Å². The molecule has 0 aliphatic heterocycles. The van der Waals surface area contributed by atoms with Gasteiger partial charge in [0.25, 0.3) is 11.6 Å². The lowest BCUT2D eigenvalue weighted by Crippen LogP contribution is -2.46. The van der Waals surface area contributed by atoms with Crippen molar-refractivity contribution in [3.8, 4) is 0 Å². The molecule has 2 aromatic rings. The lowest BCUT2D eigenvalue weighted by Gasteiger charge is -2.16. The van der Waals surface area contributed by atoms with Gasteiger partial charge < -0.3 is 11.1 Å². The van der Waals surface area contributed by atoms with E-state index < -0.39 is 40.0 Å². The van der Waals surface area contributed by atoms with Crippen LogP contribution in [0.5, 0.6) is 0 Å². The number of amides is 2. The van der Waals surface area contributed by atoms with E-state index in [1.54, 1.807) is 0 Å². The minimum absolute atomic E-state index is 0.177. The molecule has 0 bridgehead atoms. The summed E-state index contributed by atoms with van der Waals surface area (Å²) in [6, 6.07) is 6.67. The number of para-hydroxylation sites is 1. The topological polar surface area (TPSA) is 115 Å². The van der Waals surface area contributed by atoms with E-state index in [0.29, 0.717) is 6.07 Å². The third-order valence-corrected chi connectivity index (χ3v) is 3.44. The van der Waals surface area contributed by atoms with Crippen LogP contribution in [-0.4, -0.2) is 22.8 Å². The van der Waals surface area contributed by atoms with E-state index in [2.05, 4.69) is 5.32 Å². The van der Waals surface area contributed by atoms with E-state index in [4.69, 9.17) is 5.73 Å². The summed E-state index contributed by atoms with van der Waals surface area (Å²) in [5.41, 5.74) is 4.68. The van der Waals surface area contributed by atoms with Gasteiger partial charge in [0.2, 0.25) is 5.91 Å². The van der Waals surface area contributed by atoms with Gasteiger partial charge in [0.1, 0.15) is 17.7 Å². The number of halogens is 2. The summed E-state index contributed by atoms with van der Waals surface area (Å²) >= 11 is 0. The summed E-state index contributed by atoms with van der Waals surface area (Å²) in [4.78, 5) is 34.0. The van der Waals surface area contributed by atoms with E-state index in [0.717, 1.165) is 12.1 Å². The third kappa shape index (κ3) is 4.34. The smallest absolute Gasteiger partial charge is 0.272 e. The predicted octanol–water partition coefficient (Wildman–Crippen LogP) is 1.70. The Kier molecular flexibility index (Phi) is 5.38. The Morgan fingerprint density at radius 3 is 2.48 bits per heavy atom. The van der Waals surface area contributed by atoms with Crippen LogP contribution >= 0.6 is 0 Å². The molecule has 0 saturated carbocycles. The molecule has 0 aromatic heterocycles. The van der Waals surface area contributed by atoms with Crippen LogP contribution in [0.15, 0.2) is 42.5 Å². The molecule has 0 fully saturated rings. The van der Waals surface area contributed by atoms with E-state index in [-0.39, 0.29) is 17.7 Å². The molecule has 0 aliphatic rings. The molecule has 0 heterocycles. The van der Waals surface area contributed by atoms with Crippen LogP contribution < -0.4 is 11.1 Å². The number of benzene rings is 2. The average Bonchev–Trinajstić information content (AvgIpc) is 2.54. The first-order valence-corrected chi connectivity index (χ1v) is 7.07. The molecule has 1 atom stereocenters. The third-order valence-electron chi connectivity index (χ3n) is 3.44. The van der Waals surface area contributed by atoms with Gasteiger partial charge in [-0.1, -0.05) is 18.2 Å². The molecule has 130 valence electrons. The highest BCUT2D eigenvalue weighted by Gasteiger charge is 2.24. The monoisotopic (exact) mass is 349 g/mol. The molecule has 2 amide bonds. The maximum Gasteiger partial charge on any atom is 0.272 e. The Balaban J connectivity index is 2.23. The highest BCUT2D eigenvalue weighted by molar-refractivity contribution is 5.97. The fourth-order valence-electron chi connectivity index (χ4n) is 2.21. The number of nitrogens with one attached hydrogen (secondary N) is 1. The summed E-state index contributed by atoms with van der Waals surface area (Å²) in [5.74, 6) is -3.90. The molecule has 0 radical (unpaired) electrons. The van der Waals surface area contributed by atoms with Crippen molar-refractivity contribution in [1.82, 2.24) is 5.32 Å². The summed E-state index contributed by atoms with van der Waals surface area (Å²) in [5, 5.41) is 13.2. The fraction of sp³-hybridized carbons (Fsp3) is 0.125. The highest BCUT2D eigenvalue weighted by atomic mass is 19.1. The second-order valence-corrected chi connectivity index (χ2v) is 5.14. The lowest BCUT2D eigenvalue weighted by molar-refractivity contribution is -0.385. The molecule has 0 saturated heterocycles. The van der Waals surface area contributed by atoms with Crippen molar-refractivity contribution in [1.29, 1.82) is 0 Å². The van der Waals surface area contributed by atoms with Crippen LogP contribution in [0.4, 0.5) is 14.5 Å². The largest absolute Gasteiger partial charge is 0.368 e. The zero-order valence-electron chi connectivity index (χ0n) is 12.7. The van der Waals surface area contributed by atoms with Gasteiger partial charge in [-0.2, -0.15) is 0 Å². The van der Waals surface area contributed by atoms with Crippen molar-refractivity contribution >= 4 is 17.5 Å². The summed E-state index contributed by atoms with van der Waals surface area (Å²) in [7, 11) is 0. The van der Waals surface area contributed by atoms with Crippen molar-refractivity contribution in [3.63, 3.8) is 0 Å². The zero-order valence-corrected chi connectivity index (χ0v) is 12.7. The maximum atomic E-state index is 13.6. The summed E-state index contributed by atoms with van der Waals surface area (Å²) in [6.45, 7) is 0. The van der Waals surface area contributed by atoms with E-state index in [1.807, 2.05) is 0 Å². The van der Waals surface area contributed by atoms with Crippen molar-refractivity contribution in [2.75, 3.05) is 0 Å². The standard InChI is InChI=1S/C16H13F2N3O4/c17-10-5-6-11(12(18)8-10)16(23)20-13(15(19)22)7-9-3-1-2-4-14(9)21(24)25/h1-6,8,13H,7H2,(H2,19,22)(H,20,23)/t13-/m1/s1. The van der Waals surface area contributed by atoms with Gasteiger partial charge in [-0.15, -0.1) is 0 Å². The molecule has 0 spiro atoms. The van der Waals surface area contributed by atoms with Crippen LogP contribution in [0.25, 0.3) is 0 Å². The molecule has 0 unspecified atom stereocenters. The number of nitrogens with zero attached hydrogens (tertiary/aromatic N) is 1. The molecule has 2 aromatic carbocycles. The number of rotatable bonds is 6. The summed E-state index contributed by atoms with van der Waals surface area (Å²) < 4.78 is 26.5. The van der Waals surface area contributed by atoms with Gasteiger partial charge >= 0.3 is 0 Å². The number of hydrogen-bond acceptors (Lipinski definition) is 4. The minimum atomic E-state index is -1.31. The minimum Gasteiger partial charge on any atom is -0.368 e. The quantitative estimate of drug-likeness (QED) is 0.610. The Labute approximate surface area is 140 Å². The molecule has 9 heteroatoms. The Bertz CT molecular complexity index is 842. The Morgan fingerprint density at radius 2 is 1.88 bits per heavy atom. The number of hydrogen-bond donors (Lipinski definition) is 2. The first-order chi connectivity index (χ1) is 11.8. The summed E-state index contributed by atoms with van der Waals surface area (Å²) in [6.07, 6.45) is -0.249. The number of nitro groups is 1. The van der Waals surface area contributed by atoms with Gasteiger partial charge in [-0.05, 0) is 12.1 Å². The number of nitro benzene ring substituents is 1. The van der Waals surface area contributed by atoms with Crippen molar-refractivity contribution in [2.24, 2.45) is 5.73 Å². The van der Waals surface area contributed by atoms with E-state index in [1.165, 1.54) is 24.3 Å². The van der Waals surface area contributed by atoms with Crippen LogP contribution in [0.2, 0.25) is 0 Å². The molecular weight excluding hydrogens is 336 g/mol. The van der Waals surface area contributed by atoms with Gasteiger partial charge in [0, 0.05) is 24.1 Å². The second kappa shape index (κ2) is 7.47. The van der Waals surface area contributed by atoms with E-state index >= 15 is 0 Å². The average molecular weight is 349 g/mol. The number of carbonyl (C=O) groups excluding carboxylic acids is 2. The van der Waals surface area contributed by atoms with Crippen LogP contribution in [-0.2, 0) is 11.2 Å². The van der Waals surface area contributed by atoms with Crippen molar-refractivity contribution < 1.29 is 23.3 Å². The molecule has 2 rings (SSSR count). The highest BCUT2D eigenvalue weighted by Crippen LogP contribution is 2.19. The Morgan fingerprint density at radius 1 is 1.20 bits per heavy atom. The SMILES string of the molecule is NC(=O)[C@@H](Cc1ccccc1[N+](=O)[O-])NC(=O)c1ccc(F)cc1F. The zero-order chi connectivity index (χ0) is 18.6. The molecule has 3 N–H and O–H groups in total. The molecular formula is C16H13F2N3O4. The fourth-order valence-corrected chi connectivity index (χ4v) is 2.21. The van der Waals surface area contributed by atoms with Crippen LogP contribution in [0, 0.1) is 21.7 Å². The van der Waals surface area contributed by atoms with Gasteiger partial charge in [0.05, 0.1) is 10.5 Å². The van der Waals surface area contributed by atoms with Crippen molar-refractivity contribution in [3.05, 3.63) is 75.3 Å². The maximum absolute atomic E-state index is 13.6. The number of primary amides is 1. The first-order valence-electron chi connectivity index (χ1n) is 7.07. The normalized spacial score (nSPS) is 11.6. The molecule has 0 aliphatic carbocycles. The number of carbonyl (C=O) groups is 2.